The van der Waals surface area contributed by atoms with Crippen molar-refractivity contribution in [2.24, 2.45) is 0 Å². The Balaban J connectivity index is 1.23. The minimum absolute atomic E-state index is 0.182. The molecule has 2 N–H and O–H groups in total. The average Bonchev–Trinajstić information content (AvgIpc) is 3.33. The van der Waals surface area contributed by atoms with Gasteiger partial charge in [0.05, 0.1) is 0 Å². The van der Waals surface area contributed by atoms with Crippen LogP contribution in [0.5, 0.6) is 5.75 Å². The number of amides is 1. The molecule has 6 nitrogen and oxygen atoms in total. The van der Waals surface area contributed by atoms with Gasteiger partial charge in [-0.3, -0.25) is 10.1 Å². The molecule has 37 heavy (non-hydrogen) atoms. The van der Waals surface area contributed by atoms with Gasteiger partial charge >= 0.3 is 0 Å². The molecular weight excluding hydrogens is 482 g/mol. The summed E-state index contributed by atoms with van der Waals surface area (Å²) in [6.07, 6.45) is 0. The Morgan fingerprint density at radius 3 is 2.59 bits per heavy atom. The zero-order valence-electron chi connectivity index (χ0n) is 20.4. The first-order valence-electron chi connectivity index (χ1n) is 11.8. The van der Waals surface area contributed by atoms with Gasteiger partial charge in [0, 0.05) is 16.8 Å². The molecule has 0 unspecified atom stereocenters. The van der Waals surface area contributed by atoms with Crippen LogP contribution >= 0.6 is 12.2 Å². The molecule has 1 amide bonds. The Kier molecular flexibility index (Phi) is 6.96. The summed E-state index contributed by atoms with van der Waals surface area (Å²) in [6, 6.07) is 28.5. The number of aromatic nitrogens is 1. The fourth-order valence-corrected chi connectivity index (χ4v) is 4.25. The number of ether oxygens (including phenoxy) is 1. The first kappa shape index (κ1) is 24.2. The SMILES string of the molecule is Cc1cc(C)c2oc(-c3cccc(NC(=S)NC(=O)c4cccc(OCc5ccccc5)c4)c3)nc2c1. The molecule has 0 bridgehead atoms. The molecule has 0 radical (unpaired) electrons. The zero-order chi connectivity index (χ0) is 25.8. The van der Waals surface area contributed by atoms with Crippen LogP contribution in [-0.4, -0.2) is 16.0 Å². The summed E-state index contributed by atoms with van der Waals surface area (Å²) in [5.41, 5.74) is 6.78. The number of carbonyl (C=O) groups is 1. The molecule has 0 spiro atoms. The van der Waals surface area contributed by atoms with Crippen LogP contribution in [0.2, 0.25) is 0 Å². The number of oxazole rings is 1. The Morgan fingerprint density at radius 1 is 0.946 bits per heavy atom. The first-order chi connectivity index (χ1) is 17.9. The van der Waals surface area contributed by atoms with E-state index in [1.54, 1.807) is 18.2 Å². The fraction of sp³-hybridized carbons (Fsp3) is 0.100. The molecule has 1 heterocycles. The fourth-order valence-electron chi connectivity index (χ4n) is 4.04. The number of carbonyl (C=O) groups excluding carboxylic acids is 1. The van der Waals surface area contributed by atoms with Gasteiger partial charge in [-0.2, -0.15) is 0 Å². The number of aryl methyl sites for hydroxylation is 2. The van der Waals surface area contributed by atoms with E-state index in [1.807, 2.05) is 80.6 Å². The lowest BCUT2D eigenvalue weighted by atomic mass is 10.1. The van der Waals surface area contributed by atoms with E-state index in [9.17, 15) is 4.79 Å². The van der Waals surface area contributed by atoms with Crippen molar-refractivity contribution in [2.45, 2.75) is 20.5 Å². The number of rotatable bonds is 6. The van der Waals surface area contributed by atoms with E-state index in [4.69, 9.17) is 21.4 Å². The number of nitrogens with zero attached hydrogens (tertiary/aromatic N) is 1. The highest BCUT2D eigenvalue weighted by molar-refractivity contribution is 7.80. The maximum atomic E-state index is 12.8. The van der Waals surface area contributed by atoms with E-state index in [0.29, 0.717) is 29.5 Å². The molecule has 0 atom stereocenters. The topological polar surface area (TPSA) is 76.4 Å². The van der Waals surface area contributed by atoms with Crippen molar-refractivity contribution < 1.29 is 13.9 Å². The standard InChI is InChI=1S/C30H25N3O3S/c1-19-14-20(2)27-26(15-19)32-29(36-27)23-11-6-12-24(16-23)31-30(37)33-28(34)22-10-7-13-25(17-22)35-18-21-8-4-3-5-9-21/h3-17H,18H2,1-2H3,(H2,31,33,34,37). The molecule has 184 valence electrons. The van der Waals surface area contributed by atoms with Gasteiger partial charge in [0.1, 0.15) is 17.9 Å². The summed E-state index contributed by atoms with van der Waals surface area (Å²) >= 11 is 5.39. The predicted octanol–water partition coefficient (Wildman–Crippen LogP) is 6.82. The lowest BCUT2D eigenvalue weighted by Gasteiger charge is -2.11. The zero-order valence-corrected chi connectivity index (χ0v) is 21.3. The number of fused-ring (bicyclic) bond motifs is 1. The maximum absolute atomic E-state index is 12.8. The van der Waals surface area contributed by atoms with Crippen LogP contribution in [0.25, 0.3) is 22.6 Å². The molecule has 0 fully saturated rings. The van der Waals surface area contributed by atoms with Crippen molar-refractivity contribution in [2.75, 3.05) is 5.32 Å². The van der Waals surface area contributed by atoms with Gasteiger partial charge in [0.2, 0.25) is 5.89 Å². The van der Waals surface area contributed by atoms with Crippen molar-refractivity contribution in [1.29, 1.82) is 0 Å². The molecule has 4 aromatic carbocycles. The quantitative estimate of drug-likeness (QED) is 0.246. The molecule has 0 aliphatic carbocycles. The van der Waals surface area contributed by atoms with Gasteiger partial charge in [-0.25, -0.2) is 4.98 Å². The summed E-state index contributed by atoms with van der Waals surface area (Å²) < 4.78 is 11.9. The molecule has 1 aromatic heterocycles. The number of thiocarbonyl (C=S) groups is 1. The third-order valence-electron chi connectivity index (χ3n) is 5.76. The van der Waals surface area contributed by atoms with Crippen LogP contribution in [0.4, 0.5) is 5.69 Å². The molecule has 0 aliphatic rings. The molecule has 5 rings (SSSR count). The van der Waals surface area contributed by atoms with Crippen LogP contribution in [0.1, 0.15) is 27.0 Å². The first-order valence-corrected chi connectivity index (χ1v) is 12.2. The van der Waals surface area contributed by atoms with Crippen LogP contribution in [0.15, 0.2) is 95.4 Å². The lowest BCUT2D eigenvalue weighted by molar-refractivity contribution is 0.0977. The summed E-state index contributed by atoms with van der Waals surface area (Å²) in [5.74, 6) is 0.796. The van der Waals surface area contributed by atoms with Crippen molar-refractivity contribution in [3.8, 4) is 17.2 Å². The second kappa shape index (κ2) is 10.6. The highest BCUT2D eigenvalue weighted by Crippen LogP contribution is 2.28. The smallest absolute Gasteiger partial charge is 0.257 e. The third-order valence-corrected chi connectivity index (χ3v) is 5.96. The van der Waals surface area contributed by atoms with Crippen molar-refractivity contribution in [3.63, 3.8) is 0 Å². The number of anilines is 1. The van der Waals surface area contributed by atoms with E-state index in [0.717, 1.165) is 33.4 Å². The minimum atomic E-state index is -0.330. The van der Waals surface area contributed by atoms with Crippen LogP contribution in [0, 0.1) is 13.8 Å². The van der Waals surface area contributed by atoms with Crippen LogP contribution in [-0.2, 0) is 6.61 Å². The Morgan fingerprint density at radius 2 is 1.76 bits per heavy atom. The van der Waals surface area contributed by atoms with Crippen molar-refractivity contribution in [3.05, 3.63) is 113 Å². The Labute approximate surface area is 220 Å². The molecule has 0 saturated carbocycles. The summed E-state index contributed by atoms with van der Waals surface area (Å²) in [7, 11) is 0. The maximum Gasteiger partial charge on any atom is 0.257 e. The number of nitrogens with one attached hydrogen (secondary N) is 2. The Hall–Kier alpha value is -4.49. The number of hydrogen-bond donors (Lipinski definition) is 2. The van der Waals surface area contributed by atoms with E-state index in [2.05, 4.69) is 21.7 Å². The van der Waals surface area contributed by atoms with Gasteiger partial charge in [-0.1, -0.05) is 48.5 Å². The van der Waals surface area contributed by atoms with Gasteiger partial charge < -0.3 is 14.5 Å². The van der Waals surface area contributed by atoms with E-state index in [1.165, 1.54) is 0 Å². The summed E-state index contributed by atoms with van der Waals surface area (Å²) in [4.78, 5) is 17.4. The third kappa shape index (κ3) is 5.85. The molecule has 0 aliphatic heterocycles. The van der Waals surface area contributed by atoms with Gasteiger partial charge in [0.15, 0.2) is 10.7 Å². The summed E-state index contributed by atoms with van der Waals surface area (Å²) in [5, 5.41) is 5.98. The second-order valence-electron chi connectivity index (χ2n) is 8.74. The molecule has 5 aromatic rings. The van der Waals surface area contributed by atoms with Gasteiger partial charge in [0.25, 0.3) is 5.91 Å². The monoisotopic (exact) mass is 507 g/mol. The predicted molar refractivity (Wildman–Crippen MR) is 150 cm³/mol. The minimum Gasteiger partial charge on any atom is -0.489 e. The normalized spacial score (nSPS) is 10.8. The van der Waals surface area contributed by atoms with Crippen LogP contribution in [0.3, 0.4) is 0 Å². The average molecular weight is 508 g/mol. The van der Waals surface area contributed by atoms with E-state index < -0.39 is 0 Å². The molecular formula is C30H25N3O3S. The van der Waals surface area contributed by atoms with Gasteiger partial charge in [-0.15, -0.1) is 0 Å². The number of benzene rings is 4. The largest absolute Gasteiger partial charge is 0.489 e. The second-order valence-corrected chi connectivity index (χ2v) is 9.15. The highest BCUT2D eigenvalue weighted by atomic mass is 32.1. The molecule has 7 heteroatoms. The van der Waals surface area contributed by atoms with E-state index in [-0.39, 0.29) is 11.0 Å². The lowest BCUT2D eigenvalue weighted by Crippen LogP contribution is -2.34. The molecule has 0 saturated heterocycles. The van der Waals surface area contributed by atoms with E-state index >= 15 is 0 Å². The summed E-state index contributed by atoms with van der Waals surface area (Å²) in [6.45, 7) is 4.46. The number of hydrogen-bond acceptors (Lipinski definition) is 5. The van der Waals surface area contributed by atoms with Crippen LogP contribution < -0.4 is 15.4 Å². The van der Waals surface area contributed by atoms with Crippen molar-refractivity contribution in [1.82, 2.24) is 10.3 Å². The highest BCUT2D eigenvalue weighted by Gasteiger charge is 2.13. The Bertz CT molecular complexity index is 1590. The van der Waals surface area contributed by atoms with Crippen molar-refractivity contribution >= 4 is 40.0 Å². The van der Waals surface area contributed by atoms with Gasteiger partial charge in [-0.05, 0) is 85.2 Å².